The SMILES string of the molecule is CCOC(=O)C(C)(CN(CC)C(C)C)NC. The van der Waals surface area contributed by atoms with Crippen molar-refractivity contribution in [2.75, 3.05) is 26.7 Å². The van der Waals surface area contributed by atoms with Gasteiger partial charge in [-0.2, -0.15) is 0 Å². The number of nitrogens with zero attached hydrogens (tertiary/aromatic N) is 1. The summed E-state index contributed by atoms with van der Waals surface area (Å²) >= 11 is 0. The first-order valence-electron chi connectivity index (χ1n) is 6.01. The summed E-state index contributed by atoms with van der Waals surface area (Å²) in [5.41, 5.74) is -0.629. The van der Waals surface area contributed by atoms with Crippen molar-refractivity contribution in [1.82, 2.24) is 10.2 Å². The number of rotatable bonds is 7. The summed E-state index contributed by atoms with van der Waals surface area (Å²) in [4.78, 5) is 14.1. The summed E-state index contributed by atoms with van der Waals surface area (Å²) in [6.45, 7) is 12.1. The number of nitrogens with one attached hydrogen (secondary N) is 1. The van der Waals surface area contributed by atoms with E-state index in [0.29, 0.717) is 19.2 Å². The van der Waals surface area contributed by atoms with E-state index in [1.54, 1.807) is 7.05 Å². The van der Waals surface area contributed by atoms with Crippen LogP contribution in [0.1, 0.15) is 34.6 Å². The summed E-state index contributed by atoms with van der Waals surface area (Å²) in [5.74, 6) is -0.184. The molecule has 4 nitrogen and oxygen atoms in total. The maximum absolute atomic E-state index is 11.9. The Kier molecular flexibility index (Phi) is 6.60. The van der Waals surface area contributed by atoms with Gasteiger partial charge in [-0.1, -0.05) is 6.92 Å². The zero-order chi connectivity index (χ0) is 12.8. The smallest absolute Gasteiger partial charge is 0.327 e. The Hall–Kier alpha value is -0.610. The highest BCUT2D eigenvalue weighted by atomic mass is 16.5. The summed E-state index contributed by atoms with van der Waals surface area (Å²) in [5, 5.41) is 3.07. The first-order chi connectivity index (χ1) is 7.41. The molecular formula is C12H26N2O2. The van der Waals surface area contributed by atoms with E-state index in [9.17, 15) is 4.79 Å². The molecule has 0 bridgehead atoms. The molecule has 1 unspecified atom stereocenters. The molecule has 4 heteroatoms. The predicted octanol–water partition coefficient (Wildman–Crippen LogP) is 1.26. The van der Waals surface area contributed by atoms with Crippen LogP contribution in [0, 0.1) is 0 Å². The van der Waals surface area contributed by atoms with Gasteiger partial charge >= 0.3 is 5.97 Å². The minimum absolute atomic E-state index is 0.184. The fourth-order valence-corrected chi connectivity index (χ4v) is 1.60. The molecule has 0 radical (unpaired) electrons. The highest BCUT2D eigenvalue weighted by molar-refractivity contribution is 5.80. The average Bonchev–Trinajstić information content (AvgIpc) is 2.25. The monoisotopic (exact) mass is 230 g/mol. The second kappa shape index (κ2) is 6.86. The standard InChI is InChI=1S/C12H26N2O2/c1-7-14(10(3)4)9-12(5,13-6)11(15)16-8-2/h10,13H,7-9H2,1-6H3. The van der Waals surface area contributed by atoms with Gasteiger partial charge in [-0.15, -0.1) is 0 Å². The van der Waals surface area contributed by atoms with Gasteiger partial charge in [0.25, 0.3) is 0 Å². The molecule has 0 rings (SSSR count). The molecule has 0 aliphatic rings. The van der Waals surface area contributed by atoms with E-state index in [1.165, 1.54) is 0 Å². The van der Waals surface area contributed by atoms with Crippen LogP contribution >= 0.6 is 0 Å². The lowest BCUT2D eigenvalue weighted by Crippen LogP contribution is -2.57. The lowest BCUT2D eigenvalue weighted by atomic mass is 10.0. The predicted molar refractivity (Wildman–Crippen MR) is 66.5 cm³/mol. The quantitative estimate of drug-likeness (QED) is 0.669. The maximum Gasteiger partial charge on any atom is 0.327 e. The topological polar surface area (TPSA) is 41.6 Å². The Morgan fingerprint density at radius 3 is 2.31 bits per heavy atom. The van der Waals surface area contributed by atoms with E-state index in [0.717, 1.165) is 6.54 Å². The third-order valence-electron chi connectivity index (χ3n) is 2.93. The van der Waals surface area contributed by atoms with E-state index in [1.807, 2.05) is 13.8 Å². The molecule has 0 heterocycles. The van der Waals surface area contributed by atoms with Gasteiger partial charge in [0.1, 0.15) is 5.54 Å². The van der Waals surface area contributed by atoms with Crippen LogP contribution in [0.3, 0.4) is 0 Å². The maximum atomic E-state index is 11.9. The highest BCUT2D eigenvalue weighted by Gasteiger charge is 2.35. The van der Waals surface area contributed by atoms with E-state index in [-0.39, 0.29) is 5.97 Å². The van der Waals surface area contributed by atoms with Gasteiger partial charge in [-0.25, -0.2) is 0 Å². The van der Waals surface area contributed by atoms with E-state index in [2.05, 4.69) is 31.0 Å². The van der Waals surface area contributed by atoms with Crippen molar-refractivity contribution in [2.24, 2.45) is 0 Å². The van der Waals surface area contributed by atoms with Crippen molar-refractivity contribution in [1.29, 1.82) is 0 Å². The van der Waals surface area contributed by atoms with Gasteiger partial charge in [0, 0.05) is 12.6 Å². The molecule has 0 aromatic carbocycles. The zero-order valence-corrected chi connectivity index (χ0v) is 11.5. The first-order valence-corrected chi connectivity index (χ1v) is 6.01. The van der Waals surface area contributed by atoms with Crippen molar-refractivity contribution in [2.45, 2.75) is 46.2 Å². The van der Waals surface area contributed by atoms with Gasteiger partial charge in [0.05, 0.1) is 6.61 Å². The third-order valence-corrected chi connectivity index (χ3v) is 2.93. The Morgan fingerprint density at radius 2 is 2.00 bits per heavy atom. The van der Waals surface area contributed by atoms with Gasteiger partial charge in [0.15, 0.2) is 0 Å². The van der Waals surface area contributed by atoms with Crippen molar-refractivity contribution in [3.63, 3.8) is 0 Å². The van der Waals surface area contributed by atoms with Gasteiger partial charge in [-0.3, -0.25) is 9.69 Å². The molecule has 0 saturated carbocycles. The lowest BCUT2D eigenvalue weighted by molar-refractivity contribution is -0.151. The molecule has 0 aliphatic heterocycles. The number of hydrogen-bond acceptors (Lipinski definition) is 4. The molecule has 1 atom stereocenters. The van der Waals surface area contributed by atoms with Gasteiger partial charge in [0.2, 0.25) is 0 Å². The molecule has 0 aromatic rings. The van der Waals surface area contributed by atoms with Crippen LogP contribution in [0.15, 0.2) is 0 Å². The molecule has 1 N–H and O–H groups in total. The molecule has 0 spiro atoms. The van der Waals surface area contributed by atoms with Crippen LogP contribution in [0.2, 0.25) is 0 Å². The Bertz CT molecular complexity index is 219. The number of carbonyl (C=O) groups is 1. The van der Waals surface area contributed by atoms with Crippen LogP contribution in [0.5, 0.6) is 0 Å². The Balaban J connectivity index is 4.63. The molecule has 0 aliphatic carbocycles. The number of esters is 1. The minimum Gasteiger partial charge on any atom is -0.465 e. The molecule has 96 valence electrons. The molecule has 0 saturated heterocycles. The van der Waals surface area contributed by atoms with Crippen LogP contribution in [-0.2, 0) is 9.53 Å². The molecule has 0 aromatic heterocycles. The second-order valence-electron chi connectivity index (χ2n) is 4.46. The first kappa shape index (κ1) is 15.4. The second-order valence-corrected chi connectivity index (χ2v) is 4.46. The number of likely N-dealkylation sites (N-methyl/N-ethyl adjacent to an activating group) is 2. The number of hydrogen-bond donors (Lipinski definition) is 1. The van der Waals surface area contributed by atoms with E-state index < -0.39 is 5.54 Å². The molecule has 0 fully saturated rings. The normalized spacial score (nSPS) is 15.2. The lowest BCUT2D eigenvalue weighted by Gasteiger charge is -2.35. The fraction of sp³-hybridized carbons (Fsp3) is 0.917. The van der Waals surface area contributed by atoms with Crippen LogP contribution in [0.25, 0.3) is 0 Å². The van der Waals surface area contributed by atoms with Crippen LogP contribution in [0.4, 0.5) is 0 Å². The van der Waals surface area contributed by atoms with Crippen molar-refractivity contribution in [3.8, 4) is 0 Å². The summed E-state index contributed by atoms with van der Waals surface area (Å²) in [6.07, 6.45) is 0. The third kappa shape index (κ3) is 4.10. The Labute approximate surface area is 99.3 Å². The van der Waals surface area contributed by atoms with E-state index >= 15 is 0 Å². The zero-order valence-electron chi connectivity index (χ0n) is 11.5. The number of carbonyl (C=O) groups excluding carboxylic acids is 1. The fourth-order valence-electron chi connectivity index (χ4n) is 1.60. The average molecular weight is 230 g/mol. The largest absolute Gasteiger partial charge is 0.465 e. The van der Waals surface area contributed by atoms with Gasteiger partial charge in [-0.05, 0) is 41.3 Å². The summed E-state index contributed by atoms with van der Waals surface area (Å²) < 4.78 is 5.09. The Morgan fingerprint density at radius 1 is 1.44 bits per heavy atom. The summed E-state index contributed by atoms with van der Waals surface area (Å²) in [7, 11) is 1.80. The van der Waals surface area contributed by atoms with Crippen molar-refractivity contribution >= 4 is 5.97 Å². The van der Waals surface area contributed by atoms with Crippen LogP contribution < -0.4 is 5.32 Å². The molecule has 0 amide bonds. The minimum atomic E-state index is -0.629. The van der Waals surface area contributed by atoms with Gasteiger partial charge < -0.3 is 10.1 Å². The molecule has 16 heavy (non-hydrogen) atoms. The van der Waals surface area contributed by atoms with Crippen LogP contribution in [-0.4, -0.2) is 49.2 Å². The molecular weight excluding hydrogens is 204 g/mol. The van der Waals surface area contributed by atoms with Crippen molar-refractivity contribution < 1.29 is 9.53 Å². The van der Waals surface area contributed by atoms with E-state index in [4.69, 9.17) is 4.74 Å². The highest BCUT2D eigenvalue weighted by Crippen LogP contribution is 2.11. The number of ether oxygens (including phenoxy) is 1. The van der Waals surface area contributed by atoms with Crippen molar-refractivity contribution in [3.05, 3.63) is 0 Å². The summed E-state index contributed by atoms with van der Waals surface area (Å²) in [6, 6.07) is 0.423.